The number of alkyl halides is 3. The molecule has 0 aliphatic rings. The quantitative estimate of drug-likeness (QED) is 0.747. The Bertz CT molecular complexity index is 389. The third-order valence-corrected chi connectivity index (χ3v) is 3.17. The minimum atomic E-state index is -4.23. The van der Waals surface area contributed by atoms with Gasteiger partial charge in [-0.25, -0.2) is 0 Å². The van der Waals surface area contributed by atoms with Crippen LogP contribution in [0.1, 0.15) is 44.7 Å². The number of thioether (sulfide) groups is 1. The van der Waals surface area contributed by atoms with Gasteiger partial charge in [-0.05, 0) is 68.1 Å². The standard InChI is InChI=1S/C13H18F3NS.C2H6/c1-9-6-11(5-3-4-10(2)17)8-12(7-9)18-13(14,15)16;1-2/h6-8,10H,3-5,17H2,1-2H3;1-2H3/t10-;/m0./s1. The number of benzene rings is 1. The van der Waals surface area contributed by atoms with Gasteiger partial charge in [0.05, 0.1) is 0 Å². The van der Waals surface area contributed by atoms with E-state index in [1.165, 1.54) is 0 Å². The highest BCUT2D eigenvalue weighted by atomic mass is 32.2. The number of hydrogen-bond donors (Lipinski definition) is 1. The summed E-state index contributed by atoms with van der Waals surface area (Å²) >= 11 is -0.0559. The van der Waals surface area contributed by atoms with Crippen LogP contribution in [0.5, 0.6) is 0 Å². The molecule has 20 heavy (non-hydrogen) atoms. The van der Waals surface area contributed by atoms with Crippen molar-refractivity contribution in [1.82, 2.24) is 0 Å². The van der Waals surface area contributed by atoms with Crippen molar-refractivity contribution in [1.29, 1.82) is 0 Å². The van der Waals surface area contributed by atoms with Crippen LogP contribution in [0.15, 0.2) is 23.1 Å². The Balaban J connectivity index is 0.00000172. The molecule has 1 nitrogen and oxygen atoms in total. The van der Waals surface area contributed by atoms with Gasteiger partial charge in [-0.1, -0.05) is 19.9 Å². The average molecular weight is 307 g/mol. The maximum Gasteiger partial charge on any atom is 0.446 e. The molecule has 0 aromatic heterocycles. The Morgan fingerprint density at radius 2 is 1.80 bits per heavy atom. The second-order valence-electron chi connectivity index (χ2n) is 4.57. The van der Waals surface area contributed by atoms with Crippen LogP contribution in [0.3, 0.4) is 0 Å². The van der Waals surface area contributed by atoms with Crippen LogP contribution in [0.25, 0.3) is 0 Å². The van der Waals surface area contributed by atoms with Crippen LogP contribution >= 0.6 is 11.8 Å². The molecule has 0 fully saturated rings. The van der Waals surface area contributed by atoms with Crippen molar-refractivity contribution in [3.8, 4) is 0 Å². The van der Waals surface area contributed by atoms with Crippen LogP contribution < -0.4 is 5.73 Å². The van der Waals surface area contributed by atoms with E-state index in [1.54, 1.807) is 12.1 Å². The first-order valence-corrected chi connectivity index (χ1v) is 7.70. The van der Waals surface area contributed by atoms with Gasteiger partial charge in [-0.2, -0.15) is 13.2 Å². The molecular formula is C15H24F3NS. The molecule has 2 N–H and O–H groups in total. The predicted molar refractivity (Wildman–Crippen MR) is 81.0 cm³/mol. The van der Waals surface area contributed by atoms with E-state index in [9.17, 15) is 13.2 Å². The normalized spacial score (nSPS) is 12.6. The molecule has 116 valence electrons. The van der Waals surface area contributed by atoms with Crippen molar-refractivity contribution in [3.05, 3.63) is 29.3 Å². The molecule has 1 atom stereocenters. The molecule has 0 unspecified atom stereocenters. The Morgan fingerprint density at radius 1 is 1.20 bits per heavy atom. The van der Waals surface area contributed by atoms with E-state index in [1.807, 2.05) is 33.8 Å². The first-order valence-electron chi connectivity index (χ1n) is 6.88. The summed E-state index contributed by atoms with van der Waals surface area (Å²) in [5, 5.41) is 0. The third-order valence-electron chi connectivity index (χ3n) is 2.47. The molecule has 0 saturated carbocycles. The van der Waals surface area contributed by atoms with Gasteiger partial charge in [0.2, 0.25) is 0 Å². The van der Waals surface area contributed by atoms with E-state index in [-0.39, 0.29) is 22.7 Å². The summed E-state index contributed by atoms with van der Waals surface area (Å²) in [5.41, 5.74) is 3.23. The summed E-state index contributed by atoms with van der Waals surface area (Å²) in [5.74, 6) is 0. The van der Waals surface area contributed by atoms with Gasteiger partial charge < -0.3 is 5.73 Å². The van der Waals surface area contributed by atoms with Crippen molar-refractivity contribution in [3.63, 3.8) is 0 Å². The molecule has 0 heterocycles. The SMILES string of the molecule is CC.Cc1cc(CCC[C@H](C)N)cc(SC(F)(F)F)c1. The lowest BCUT2D eigenvalue weighted by atomic mass is 10.0. The average Bonchev–Trinajstić information content (AvgIpc) is 2.27. The van der Waals surface area contributed by atoms with Crippen molar-refractivity contribution >= 4 is 11.8 Å². The number of halogens is 3. The lowest BCUT2D eigenvalue weighted by molar-refractivity contribution is -0.0328. The monoisotopic (exact) mass is 307 g/mol. The molecule has 0 radical (unpaired) electrons. The van der Waals surface area contributed by atoms with E-state index in [0.29, 0.717) is 0 Å². The van der Waals surface area contributed by atoms with Gasteiger partial charge in [0.1, 0.15) is 0 Å². The van der Waals surface area contributed by atoms with Crippen LogP contribution in [-0.2, 0) is 6.42 Å². The van der Waals surface area contributed by atoms with Crippen molar-refractivity contribution in [2.45, 2.75) is 63.4 Å². The third kappa shape index (κ3) is 9.26. The van der Waals surface area contributed by atoms with Gasteiger partial charge in [0.15, 0.2) is 0 Å². The van der Waals surface area contributed by atoms with E-state index < -0.39 is 5.51 Å². The van der Waals surface area contributed by atoms with Crippen LogP contribution in [0.2, 0.25) is 0 Å². The highest BCUT2D eigenvalue weighted by molar-refractivity contribution is 8.00. The van der Waals surface area contributed by atoms with Crippen LogP contribution in [0, 0.1) is 6.92 Å². The summed E-state index contributed by atoms with van der Waals surface area (Å²) in [6.45, 7) is 7.75. The molecule has 1 aromatic rings. The summed E-state index contributed by atoms with van der Waals surface area (Å²) in [7, 11) is 0. The lowest BCUT2D eigenvalue weighted by Crippen LogP contribution is -2.14. The highest BCUT2D eigenvalue weighted by Gasteiger charge is 2.29. The fraction of sp³-hybridized carbons (Fsp3) is 0.600. The zero-order chi connectivity index (χ0) is 15.8. The molecule has 1 aromatic carbocycles. The maximum atomic E-state index is 12.3. The Labute approximate surface area is 124 Å². The van der Waals surface area contributed by atoms with Gasteiger partial charge in [0, 0.05) is 10.9 Å². The maximum absolute atomic E-state index is 12.3. The predicted octanol–water partition coefficient (Wildman–Crippen LogP) is 5.30. The fourth-order valence-corrected chi connectivity index (χ4v) is 2.51. The Morgan fingerprint density at radius 3 is 2.30 bits per heavy atom. The van der Waals surface area contributed by atoms with E-state index in [4.69, 9.17) is 5.73 Å². The molecule has 0 aliphatic heterocycles. The molecule has 1 rings (SSSR count). The first kappa shape index (κ1) is 19.3. The minimum Gasteiger partial charge on any atom is -0.328 e. The molecule has 0 spiro atoms. The van der Waals surface area contributed by atoms with Crippen molar-refractivity contribution in [2.75, 3.05) is 0 Å². The van der Waals surface area contributed by atoms with E-state index in [0.717, 1.165) is 30.4 Å². The van der Waals surface area contributed by atoms with Gasteiger partial charge in [-0.3, -0.25) is 0 Å². The Hall–Kier alpha value is -0.680. The fourth-order valence-electron chi connectivity index (χ4n) is 1.79. The largest absolute Gasteiger partial charge is 0.446 e. The summed E-state index contributed by atoms with van der Waals surface area (Å²) < 4.78 is 36.9. The van der Waals surface area contributed by atoms with Gasteiger partial charge >= 0.3 is 5.51 Å². The summed E-state index contributed by atoms with van der Waals surface area (Å²) in [6.07, 6.45) is 2.56. The van der Waals surface area contributed by atoms with E-state index >= 15 is 0 Å². The van der Waals surface area contributed by atoms with Gasteiger partial charge in [0.25, 0.3) is 0 Å². The molecule has 0 aliphatic carbocycles. The van der Waals surface area contributed by atoms with Gasteiger partial charge in [-0.15, -0.1) is 0 Å². The van der Waals surface area contributed by atoms with Crippen LogP contribution in [0.4, 0.5) is 13.2 Å². The number of aryl methyl sites for hydroxylation is 2. The first-order chi connectivity index (χ1) is 9.26. The van der Waals surface area contributed by atoms with E-state index in [2.05, 4.69) is 0 Å². The minimum absolute atomic E-state index is 0.0559. The number of nitrogens with two attached hydrogens (primary N) is 1. The van der Waals surface area contributed by atoms with Crippen molar-refractivity contribution in [2.24, 2.45) is 5.73 Å². The molecule has 0 amide bonds. The second kappa shape index (κ2) is 9.29. The highest BCUT2D eigenvalue weighted by Crippen LogP contribution is 2.37. The zero-order valence-electron chi connectivity index (χ0n) is 12.6. The molecule has 5 heteroatoms. The number of hydrogen-bond acceptors (Lipinski definition) is 2. The number of rotatable bonds is 5. The lowest BCUT2D eigenvalue weighted by Gasteiger charge is -2.10. The molecular weight excluding hydrogens is 283 g/mol. The smallest absolute Gasteiger partial charge is 0.328 e. The van der Waals surface area contributed by atoms with Crippen LogP contribution in [-0.4, -0.2) is 11.6 Å². The summed E-state index contributed by atoms with van der Waals surface area (Å²) in [6, 6.07) is 5.25. The second-order valence-corrected chi connectivity index (χ2v) is 5.71. The zero-order valence-corrected chi connectivity index (χ0v) is 13.4. The Kier molecular flexibility index (Phi) is 8.98. The summed E-state index contributed by atoms with van der Waals surface area (Å²) in [4.78, 5) is 0.262. The molecule has 0 saturated heterocycles. The topological polar surface area (TPSA) is 26.0 Å². The van der Waals surface area contributed by atoms with Crippen molar-refractivity contribution < 1.29 is 13.2 Å². The molecule has 0 bridgehead atoms.